The van der Waals surface area contributed by atoms with Crippen LogP contribution in [0.25, 0.3) is 0 Å². The normalized spacial score (nSPS) is 15.9. The molecular weight excluding hydrogens is 1130 g/mol. The van der Waals surface area contributed by atoms with Crippen molar-refractivity contribution in [3.8, 4) is 0 Å². The Kier molecular flexibility index (Phi) is 37.6. The van der Waals surface area contributed by atoms with E-state index in [4.69, 9.17) is 51.6 Å². The predicted octanol–water partition coefficient (Wildman–Crippen LogP) is -7.33. The maximum Gasteiger partial charge on any atom is 0.268 e. The molecule has 9 atom stereocenters. The average molecular weight is 1230 g/mol. The smallest absolute Gasteiger partial charge is 0.268 e. The predicted molar refractivity (Wildman–Crippen MR) is 325 cm³/mol. The van der Waals surface area contributed by atoms with Crippen molar-refractivity contribution in [3.63, 3.8) is 0 Å². The van der Waals surface area contributed by atoms with E-state index in [2.05, 4.69) is 62.8 Å². The molecule has 0 aliphatic carbocycles. The standard InChI is InChI=1S/C54H100N22O11/c1-33(77)44(75-49(83)39(19-25-60)70-45(79)35(61)13-2-5-20-55)52(86)67-31-43(78)69-40(16-10-24-59)53(87)76-28-12-18-42(76)51(85)74-41(29-34-30-64-32-68-34)50(84)73-37(15-4-7-22-57)47(81)72-38(17-11-27-66-54(62)63)48(82)71-36(14-3-6-21-56)46(80)65-26-9-8-23-58/h17,30,32-33,35-37,39-42,44,77H,2-16,18-29,31,55-61H2,1H3,(H,64,68)(H,65,80)(H,67,86)(H,69,78)(H,70,79)(H,71,82)(H,72,81)(H,73,84)(H,74,85)(H,75,83)(H4,62,63,66)/b38-17-/t33-,35-,36-,37-,39-,40+,41-,42-,44-/m0/s1. The van der Waals surface area contributed by atoms with Crippen LogP contribution in [-0.4, -0.2) is 205 Å². The molecule has 33 nitrogen and oxygen atoms in total. The van der Waals surface area contributed by atoms with Gasteiger partial charge in [-0.15, -0.1) is 0 Å². The molecule has 0 unspecified atom stereocenters. The summed E-state index contributed by atoms with van der Waals surface area (Å²) < 4.78 is 0. The molecule has 1 saturated heterocycles. The molecular formula is C54H100N22O11. The van der Waals surface area contributed by atoms with Crippen LogP contribution in [0.3, 0.4) is 0 Å². The lowest BCUT2D eigenvalue weighted by Crippen LogP contribution is -2.60. The van der Waals surface area contributed by atoms with Gasteiger partial charge in [0.2, 0.25) is 53.2 Å². The molecule has 1 aliphatic rings. The molecule has 2 rings (SSSR count). The van der Waals surface area contributed by atoms with Crippen molar-refractivity contribution in [1.82, 2.24) is 62.7 Å². The van der Waals surface area contributed by atoms with Gasteiger partial charge in [0.25, 0.3) is 5.91 Å². The van der Waals surface area contributed by atoms with Gasteiger partial charge in [0, 0.05) is 37.9 Å². The SMILES string of the molecule is C[C@H](O)[C@H](NC(=O)[C@H](CCN)NC(=O)[C@@H](N)CCCCN)C(=O)NCC(=O)N[C@H](CCCN)C(=O)N1CCC[C@H]1C(=O)N[C@@H](Cc1cnc[nH]1)C(=O)N[C@@H](CCCCN)C(=O)N/C(=C\CCN=C(N)N)C(=O)N[C@@H](CCCCN)C(=O)NCCCCN. The van der Waals surface area contributed by atoms with Crippen molar-refractivity contribution in [2.45, 2.75) is 177 Å². The third-order valence-corrected chi connectivity index (χ3v) is 14.0. The number of nitrogens with zero attached hydrogens (tertiary/aromatic N) is 3. The molecule has 492 valence electrons. The topological polar surface area (TPSA) is 578 Å². The van der Waals surface area contributed by atoms with Crippen molar-refractivity contribution in [3.05, 3.63) is 30.0 Å². The van der Waals surface area contributed by atoms with Gasteiger partial charge in [-0.2, -0.15) is 0 Å². The van der Waals surface area contributed by atoms with Crippen LogP contribution in [0.1, 0.15) is 122 Å². The summed E-state index contributed by atoms with van der Waals surface area (Å²) in [5, 5.41) is 34.0. The molecule has 0 spiro atoms. The number of H-pyrrole nitrogens is 1. The molecule has 0 radical (unpaired) electrons. The zero-order valence-corrected chi connectivity index (χ0v) is 50.3. The average Bonchev–Trinajstić information content (AvgIpc) is 2.98. The molecule has 87 heavy (non-hydrogen) atoms. The Morgan fingerprint density at radius 3 is 1.84 bits per heavy atom. The van der Waals surface area contributed by atoms with Gasteiger partial charge in [0.15, 0.2) is 5.96 Å². The van der Waals surface area contributed by atoms with Crippen molar-refractivity contribution in [2.24, 2.45) is 56.6 Å². The number of aliphatic imine (C=N–C) groups is 1. The van der Waals surface area contributed by atoms with E-state index >= 15 is 0 Å². The highest BCUT2D eigenvalue weighted by molar-refractivity contribution is 6.02. The fraction of sp³-hybridized carbons (Fsp3) is 0.704. The molecule has 0 saturated carbocycles. The molecule has 0 bridgehead atoms. The maximum absolute atomic E-state index is 14.5. The third-order valence-electron chi connectivity index (χ3n) is 14.0. The first kappa shape index (κ1) is 75.7. The molecule has 1 aromatic heterocycles. The number of guanidine groups is 1. The Morgan fingerprint density at radius 2 is 1.24 bits per heavy atom. The fourth-order valence-corrected chi connectivity index (χ4v) is 9.17. The summed E-state index contributed by atoms with van der Waals surface area (Å²) >= 11 is 0. The van der Waals surface area contributed by atoms with Crippen LogP contribution in [0.15, 0.2) is 29.3 Å². The first-order chi connectivity index (χ1) is 41.7. The van der Waals surface area contributed by atoms with Crippen molar-refractivity contribution in [2.75, 3.05) is 65.4 Å². The molecule has 1 aromatic rings. The minimum Gasteiger partial charge on any atom is -0.391 e. The largest absolute Gasteiger partial charge is 0.391 e. The van der Waals surface area contributed by atoms with E-state index in [1.54, 1.807) is 0 Å². The number of imidazole rings is 1. The summed E-state index contributed by atoms with van der Waals surface area (Å²) in [5.41, 5.74) is 51.4. The second-order valence-corrected chi connectivity index (χ2v) is 21.2. The highest BCUT2D eigenvalue weighted by Gasteiger charge is 2.40. The molecule has 1 aliphatic heterocycles. The van der Waals surface area contributed by atoms with Crippen molar-refractivity contribution >= 4 is 65.0 Å². The van der Waals surface area contributed by atoms with Gasteiger partial charge in [-0.05, 0) is 149 Å². The number of aromatic amines is 1. The monoisotopic (exact) mass is 1230 g/mol. The summed E-state index contributed by atoms with van der Waals surface area (Å²) in [7, 11) is 0. The van der Waals surface area contributed by atoms with Crippen LogP contribution in [0.5, 0.6) is 0 Å². The zero-order chi connectivity index (χ0) is 64.7. The van der Waals surface area contributed by atoms with Crippen LogP contribution < -0.4 is 99.5 Å². The Bertz CT molecular complexity index is 2360. The highest BCUT2D eigenvalue weighted by atomic mass is 16.3. The number of nitrogens with one attached hydrogen (secondary N) is 10. The summed E-state index contributed by atoms with van der Waals surface area (Å²) in [5.74, 6) is -7.81. The van der Waals surface area contributed by atoms with E-state index in [-0.39, 0.29) is 95.7 Å². The number of carbonyl (C=O) groups excluding carboxylic acids is 10. The number of aliphatic hydroxyl groups is 1. The summed E-state index contributed by atoms with van der Waals surface area (Å²) in [6, 6.07) is -9.89. The van der Waals surface area contributed by atoms with Crippen molar-refractivity contribution in [1.29, 1.82) is 0 Å². The van der Waals surface area contributed by atoms with E-state index in [1.165, 1.54) is 30.4 Å². The Balaban J connectivity index is 2.36. The molecule has 29 N–H and O–H groups in total. The second kappa shape index (κ2) is 43.3. The quantitative estimate of drug-likeness (QED) is 0.0125. The molecule has 1 fully saturated rings. The lowest BCUT2D eigenvalue weighted by Gasteiger charge is -2.30. The third kappa shape index (κ3) is 29.2. The molecule has 33 heteroatoms. The Hall–Kier alpha value is -7.40. The van der Waals surface area contributed by atoms with Crippen LogP contribution in [0, 0.1) is 0 Å². The number of likely N-dealkylation sites (tertiary alicyclic amines) is 1. The Morgan fingerprint density at radius 1 is 0.655 bits per heavy atom. The van der Waals surface area contributed by atoms with Crippen LogP contribution in [0.2, 0.25) is 0 Å². The van der Waals surface area contributed by atoms with E-state index < -0.39 is 120 Å². The minimum absolute atomic E-state index is 0.0186. The highest BCUT2D eigenvalue weighted by Crippen LogP contribution is 2.21. The van der Waals surface area contributed by atoms with Gasteiger partial charge in [-0.1, -0.05) is 12.5 Å². The lowest BCUT2D eigenvalue weighted by atomic mass is 10.0. The van der Waals surface area contributed by atoms with E-state index in [0.29, 0.717) is 96.1 Å². The van der Waals surface area contributed by atoms with E-state index in [9.17, 15) is 53.1 Å². The zero-order valence-electron chi connectivity index (χ0n) is 50.3. The van der Waals surface area contributed by atoms with Gasteiger partial charge in [-0.25, -0.2) is 4.98 Å². The van der Waals surface area contributed by atoms with Gasteiger partial charge in [0.05, 0.1) is 25.0 Å². The first-order valence-corrected chi connectivity index (χ1v) is 30.0. The summed E-state index contributed by atoms with van der Waals surface area (Å²) in [6.45, 7) is 2.47. The minimum atomic E-state index is -1.60. The Labute approximate surface area is 508 Å². The number of aromatic nitrogens is 2. The van der Waals surface area contributed by atoms with E-state index in [0.717, 1.165) is 0 Å². The number of unbranched alkanes of at least 4 members (excludes halogenated alkanes) is 4. The van der Waals surface area contributed by atoms with Crippen LogP contribution in [-0.2, 0) is 54.4 Å². The van der Waals surface area contributed by atoms with Gasteiger partial charge in [0.1, 0.15) is 48.0 Å². The van der Waals surface area contributed by atoms with Crippen LogP contribution >= 0.6 is 0 Å². The summed E-state index contributed by atoms with van der Waals surface area (Å²) in [4.78, 5) is 150. The van der Waals surface area contributed by atoms with Crippen LogP contribution in [0.4, 0.5) is 0 Å². The fourth-order valence-electron chi connectivity index (χ4n) is 9.17. The number of nitrogens with two attached hydrogens (primary N) is 9. The number of hydrogen-bond acceptors (Lipinski definition) is 20. The molecule has 0 aromatic carbocycles. The molecule has 10 amide bonds. The summed E-state index contributed by atoms with van der Waals surface area (Å²) in [6.07, 6.45) is 8.27. The van der Waals surface area contributed by atoms with Gasteiger partial charge < -0.3 is 114 Å². The lowest BCUT2D eigenvalue weighted by molar-refractivity contribution is -0.142. The van der Waals surface area contributed by atoms with E-state index in [1.807, 2.05) is 0 Å². The van der Waals surface area contributed by atoms with Crippen molar-refractivity contribution < 1.29 is 53.1 Å². The number of rotatable bonds is 45. The second-order valence-electron chi connectivity index (χ2n) is 21.2. The number of hydrogen-bond donors (Lipinski definition) is 20. The first-order valence-electron chi connectivity index (χ1n) is 30.0. The maximum atomic E-state index is 14.5. The number of carbonyl (C=O) groups is 10. The van der Waals surface area contributed by atoms with Gasteiger partial charge >= 0.3 is 0 Å². The molecule has 2 heterocycles. The number of amides is 10. The number of aliphatic hydroxyl groups excluding tert-OH is 1. The van der Waals surface area contributed by atoms with Gasteiger partial charge in [-0.3, -0.25) is 52.9 Å².